The van der Waals surface area contributed by atoms with E-state index in [1.807, 2.05) is 6.92 Å². The number of carboxylic acids is 1. The van der Waals surface area contributed by atoms with Crippen molar-refractivity contribution in [1.82, 2.24) is 4.90 Å². The molecular formula is C12H21NO4. The molecule has 0 aromatic carbocycles. The molecule has 2 heterocycles. The fourth-order valence-electron chi connectivity index (χ4n) is 3.06. The topological polar surface area (TPSA) is 59.0 Å². The first-order valence-electron chi connectivity index (χ1n) is 6.32. The van der Waals surface area contributed by atoms with E-state index in [0.717, 1.165) is 39.1 Å². The molecule has 0 spiro atoms. The zero-order valence-corrected chi connectivity index (χ0v) is 10.4. The summed E-state index contributed by atoms with van der Waals surface area (Å²) in [6, 6.07) is 0. The van der Waals surface area contributed by atoms with Gasteiger partial charge in [0.1, 0.15) is 6.61 Å². The second-order valence-corrected chi connectivity index (χ2v) is 4.94. The third-order valence-corrected chi connectivity index (χ3v) is 3.79. The van der Waals surface area contributed by atoms with Gasteiger partial charge in [0.2, 0.25) is 0 Å². The first-order valence-corrected chi connectivity index (χ1v) is 6.32. The summed E-state index contributed by atoms with van der Waals surface area (Å²) in [5.74, 6) is -0.893. The van der Waals surface area contributed by atoms with Crippen molar-refractivity contribution in [2.24, 2.45) is 0 Å². The van der Waals surface area contributed by atoms with Crippen molar-refractivity contribution in [3.63, 3.8) is 0 Å². The smallest absolute Gasteiger partial charge is 0.329 e. The van der Waals surface area contributed by atoms with Crippen molar-refractivity contribution in [2.75, 3.05) is 32.9 Å². The van der Waals surface area contributed by atoms with E-state index in [-0.39, 0.29) is 18.2 Å². The lowest BCUT2D eigenvalue weighted by atomic mass is 9.94. The maximum absolute atomic E-state index is 10.5. The minimum atomic E-state index is -0.893. The highest BCUT2D eigenvalue weighted by molar-refractivity contribution is 5.68. The van der Waals surface area contributed by atoms with Gasteiger partial charge in [0.05, 0.1) is 12.7 Å². The summed E-state index contributed by atoms with van der Waals surface area (Å²) in [5, 5.41) is 8.62. The van der Waals surface area contributed by atoms with Crippen molar-refractivity contribution < 1.29 is 19.4 Å². The molecule has 1 N–H and O–H groups in total. The molecule has 0 radical (unpaired) electrons. The molecule has 0 saturated carbocycles. The zero-order chi connectivity index (χ0) is 12.3. The monoisotopic (exact) mass is 243 g/mol. The fraction of sp³-hybridized carbons (Fsp3) is 0.917. The van der Waals surface area contributed by atoms with Crippen molar-refractivity contribution in [1.29, 1.82) is 0 Å². The first kappa shape index (κ1) is 12.8. The average Bonchev–Trinajstić information content (AvgIpc) is 2.79. The summed E-state index contributed by atoms with van der Waals surface area (Å²) >= 11 is 0. The maximum Gasteiger partial charge on any atom is 0.329 e. The summed E-state index contributed by atoms with van der Waals surface area (Å²) in [6.45, 7) is 5.22. The number of carboxylic acid groups (broad SMARTS) is 1. The van der Waals surface area contributed by atoms with Gasteiger partial charge < -0.3 is 14.6 Å². The van der Waals surface area contributed by atoms with Gasteiger partial charge in [-0.3, -0.25) is 4.90 Å². The summed E-state index contributed by atoms with van der Waals surface area (Å²) in [7, 11) is 0. The van der Waals surface area contributed by atoms with Gasteiger partial charge >= 0.3 is 5.97 Å². The number of hydrogen-bond donors (Lipinski definition) is 1. The summed E-state index contributed by atoms with van der Waals surface area (Å²) in [6.07, 6.45) is 3.30. The summed E-state index contributed by atoms with van der Waals surface area (Å²) in [4.78, 5) is 12.9. The van der Waals surface area contributed by atoms with Crippen molar-refractivity contribution in [3.05, 3.63) is 0 Å². The standard InChI is InChI=1S/C12H21NO4/c1-2-16-9-12-4-3-5-13(12)7-10(6-12)17-8-11(14)15/h10H,2-9H2,1H3,(H,14,15). The lowest BCUT2D eigenvalue weighted by Gasteiger charge is -2.31. The Bertz CT molecular complexity index is 284. The second kappa shape index (κ2) is 5.33. The zero-order valence-electron chi connectivity index (χ0n) is 10.4. The molecule has 2 aliphatic rings. The molecule has 0 amide bonds. The van der Waals surface area contributed by atoms with Gasteiger partial charge in [0.25, 0.3) is 0 Å². The van der Waals surface area contributed by atoms with E-state index in [2.05, 4.69) is 4.90 Å². The van der Waals surface area contributed by atoms with E-state index in [1.54, 1.807) is 0 Å². The molecule has 2 fully saturated rings. The van der Waals surface area contributed by atoms with Crippen molar-refractivity contribution in [2.45, 2.75) is 37.8 Å². The molecule has 2 saturated heterocycles. The Labute approximate surface area is 102 Å². The number of hydrogen-bond acceptors (Lipinski definition) is 4. The molecule has 0 aliphatic carbocycles. The highest BCUT2D eigenvalue weighted by Crippen LogP contribution is 2.40. The number of rotatable bonds is 6. The Hall–Kier alpha value is -0.650. The molecule has 2 unspecified atom stereocenters. The SMILES string of the molecule is CCOCC12CCCN1CC(OCC(=O)O)C2. The Morgan fingerprint density at radius 2 is 2.41 bits per heavy atom. The second-order valence-electron chi connectivity index (χ2n) is 4.94. The Morgan fingerprint density at radius 1 is 1.59 bits per heavy atom. The first-order chi connectivity index (χ1) is 8.16. The van der Waals surface area contributed by atoms with E-state index in [0.29, 0.717) is 0 Å². The van der Waals surface area contributed by atoms with Crippen LogP contribution in [0.5, 0.6) is 0 Å². The molecule has 0 aromatic rings. The van der Waals surface area contributed by atoms with Crippen LogP contribution in [0.2, 0.25) is 0 Å². The van der Waals surface area contributed by atoms with E-state index >= 15 is 0 Å². The molecular weight excluding hydrogens is 222 g/mol. The van der Waals surface area contributed by atoms with Gasteiger partial charge in [0.15, 0.2) is 0 Å². The predicted molar refractivity (Wildman–Crippen MR) is 62.0 cm³/mol. The Balaban J connectivity index is 1.89. The number of nitrogens with zero attached hydrogens (tertiary/aromatic N) is 1. The largest absolute Gasteiger partial charge is 0.480 e. The molecule has 0 bridgehead atoms. The lowest BCUT2D eigenvalue weighted by molar-refractivity contribution is -0.144. The van der Waals surface area contributed by atoms with Crippen molar-refractivity contribution in [3.8, 4) is 0 Å². The quantitative estimate of drug-likeness (QED) is 0.745. The predicted octanol–water partition coefficient (Wildman–Crippen LogP) is 0.731. The minimum absolute atomic E-state index is 0.0480. The van der Waals surface area contributed by atoms with Crippen LogP contribution >= 0.6 is 0 Å². The molecule has 2 atom stereocenters. The summed E-state index contributed by atoms with van der Waals surface area (Å²) in [5.41, 5.74) is 0.110. The van der Waals surface area contributed by atoms with Gasteiger partial charge in [-0.25, -0.2) is 4.79 Å². The van der Waals surface area contributed by atoms with Crippen LogP contribution in [-0.2, 0) is 14.3 Å². The fourth-order valence-corrected chi connectivity index (χ4v) is 3.06. The minimum Gasteiger partial charge on any atom is -0.480 e. The molecule has 2 aliphatic heterocycles. The number of aliphatic carboxylic acids is 1. The van der Waals surface area contributed by atoms with Crippen LogP contribution in [0.15, 0.2) is 0 Å². The summed E-state index contributed by atoms with van der Waals surface area (Å²) < 4.78 is 11.0. The Kier molecular flexibility index (Phi) is 4.01. The van der Waals surface area contributed by atoms with Crippen molar-refractivity contribution >= 4 is 5.97 Å². The Morgan fingerprint density at radius 3 is 3.12 bits per heavy atom. The van der Waals surface area contributed by atoms with Crippen LogP contribution in [0.4, 0.5) is 0 Å². The van der Waals surface area contributed by atoms with Crippen LogP contribution in [0.1, 0.15) is 26.2 Å². The third kappa shape index (κ3) is 2.78. The molecule has 17 heavy (non-hydrogen) atoms. The van der Waals surface area contributed by atoms with Crippen LogP contribution < -0.4 is 0 Å². The maximum atomic E-state index is 10.5. The number of ether oxygens (including phenoxy) is 2. The molecule has 5 nitrogen and oxygen atoms in total. The van der Waals surface area contributed by atoms with Gasteiger partial charge in [-0.2, -0.15) is 0 Å². The van der Waals surface area contributed by atoms with Gasteiger partial charge in [-0.15, -0.1) is 0 Å². The molecule has 5 heteroatoms. The van der Waals surface area contributed by atoms with Gasteiger partial charge in [-0.05, 0) is 32.7 Å². The van der Waals surface area contributed by atoms with Crippen LogP contribution in [-0.4, -0.2) is 60.5 Å². The average molecular weight is 243 g/mol. The van der Waals surface area contributed by atoms with Gasteiger partial charge in [0, 0.05) is 18.7 Å². The van der Waals surface area contributed by atoms with Gasteiger partial charge in [-0.1, -0.05) is 0 Å². The van der Waals surface area contributed by atoms with Crippen LogP contribution in [0, 0.1) is 0 Å². The number of fused-ring (bicyclic) bond motifs is 1. The number of carbonyl (C=O) groups is 1. The highest BCUT2D eigenvalue weighted by Gasteiger charge is 2.48. The molecule has 98 valence electrons. The van der Waals surface area contributed by atoms with E-state index in [1.165, 1.54) is 6.42 Å². The lowest BCUT2D eigenvalue weighted by Crippen LogP contribution is -2.42. The van der Waals surface area contributed by atoms with Crippen LogP contribution in [0.3, 0.4) is 0 Å². The highest BCUT2D eigenvalue weighted by atomic mass is 16.5. The van der Waals surface area contributed by atoms with Crippen LogP contribution in [0.25, 0.3) is 0 Å². The van der Waals surface area contributed by atoms with E-state index < -0.39 is 5.97 Å². The molecule has 2 rings (SSSR count). The van der Waals surface area contributed by atoms with E-state index in [4.69, 9.17) is 14.6 Å². The molecule has 0 aromatic heterocycles. The third-order valence-electron chi connectivity index (χ3n) is 3.79. The van der Waals surface area contributed by atoms with E-state index in [9.17, 15) is 4.79 Å². The normalized spacial score (nSPS) is 32.9.